The molecule has 0 aliphatic heterocycles. The molecule has 0 amide bonds. The molecule has 0 aliphatic carbocycles. The molecule has 20 heavy (non-hydrogen) atoms. The van der Waals surface area contributed by atoms with Gasteiger partial charge in [0.05, 0.1) is 22.7 Å². The van der Waals surface area contributed by atoms with Crippen molar-refractivity contribution in [2.24, 2.45) is 5.73 Å². The number of aromatic nitrogens is 2. The Bertz CT molecular complexity index is 690. The van der Waals surface area contributed by atoms with Crippen molar-refractivity contribution < 1.29 is 8.42 Å². The van der Waals surface area contributed by atoms with E-state index in [0.29, 0.717) is 12.1 Å². The van der Waals surface area contributed by atoms with Gasteiger partial charge in [-0.25, -0.2) is 8.42 Å². The second kappa shape index (κ2) is 5.93. The predicted octanol–water partition coefficient (Wildman–Crippen LogP) is 1.71. The van der Waals surface area contributed by atoms with Gasteiger partial charge in [0.15, 0.2) is 9.84 Å². The van der Waals surface area contributed by atoms with Crippen LogP contribution in [0, 0.1) is 0 Å². The molecule has 0 saturated carbocycles. The fourth-order valence-electron chi connectivity index (χ4n) is 2.19. The zero-order valence-corrected chi connectivity index (χ0v) is 12.7. The molecule has 1 heterocycles. The van der Waals surface area contributed by atoms with Crippen LogP contribution in [0.5, 0.6) is 0 Å². The van der Waals surface area contributed by atoms with Crippen molar-refractivity contribution in [2.75, 3.05) is 5.75 Å². The lowest BCUT2D eigenvalue weighted by Crippen LogP contribution is -2.21. The highest BCUT2D eigenvalue weighted by molar-refractivity contribution is 7.90. The number of para-hydroxylation sites is 1. The number of nitrogens with two attached hydrogens (primary N) is 1. The van der Waals surface area contributed by atoms with Gasteiger partial charge in [0.1, 0.15) is 0 Å². The molecule has 2 N–H and O–H groups in total. The number of sulfone groups is 1. The van der Waals surface area contributed by atoms with Crippen molar-refractivity contribution in [1.82, 2.24) is 9.78 Å². The quantitative estimate of drug-likeness (QED) is 0.880. The molecule has 0 saturated heterocycles. The summed E-state index contributed by atoms with van der Waals surface area (Å²) < 4.78 is 26.1. The van der Waals surface area contributed by atoms with Crippen LogP contribution in [0.4, 0.5) is 0 Å². The minimum atomic E-state index is -3.17. The summed E-state index contributed by atoms with van der Waals surface area (Å²) >= 11 is 0. The molecule has 1 atom stereocenters. The van der Waals surface area contributed by atoms with Gasteiger partial charge in [-0.2, -0.15) is 5.10 Å². The number of hydrogen-bond acceptors (Lipinski definition) is 4. The van der Waals surface area contributed by atoms with Crippen molar-refractivity contribution in [2.45, 2.75) is 38.6 Å². The molecule has 6 heteroatoms. The molecular formula is C14H21N3O2S. The van der Waals surface area contributed by atoms with Gasteiger partial charge in [0, 0.05) is 18.0 Å². The third kappa shape index (κ3) is 3.37. The molecule has 0 aliphatic rings. The standard InChI is InChI=1S/C14H21N3O2S/c1-3-17-14-7-5-4-6-12(14)13(16-17)10-20(18,19)9-8-11(2)15/h4-7,11H,3,8-10,15H2,1-2H3. The largest absolute Gasteiger partial charge is 0.328 e. The van der Waals surface area contributed by atoms with Crippen LogP contribution < -0.4 is 5.73 Å². The molecule has 5 nitrogen and oxygen atoms in total. The molecule has 2 aromatic rings. The maximum absolute atomic E-state index is 12.1. The van der Waals surface area contributed by atoms with Gasteiger partial charge >= 0.3 is 0 Å². The summed E-state index contributed by atoms with van der Waals surface area (Å²) in [4.78, 5) is 0. The van der Waals surface area contributed by atoms with Gasteiger partial charge in [0.2, 0.25) is 0 Å². The van der Waals surface area contributed by atoms with Gasteiger partial charge in [-0.1, -0.05) is 18.2 Å². The van der Waals surface area contributed by atoms with Crippen LogP contribution in [0.1, 0.15) is 26.0 Å². The summed E-state index contributed by atoms with van der Waals surface area (Å²) in [6.07, 6.45) is 0.481. The third-order valence-electron chi connectivity index (χ3n) is 3.27. The lowest BCUT2D eigenvalue weighted by molar-refractivity contribution is 0.584. The lowest BCUT2D eigenvalue weighted by atomic mass is 10.2. The summed E-state index contributed by atoms with van der Waals surface area (Å²) in [5.41, 5.74) is 7.24. The van der Waals surface area contributed by atoms with E-state index >= 15 is 0 Å². The Kier molecular flexibility index (Phi) is 4.45. The van der Waals surface area contributed by atoms with Gasteiger partial charge < -0.3 is 5.73 Å². The van der Waals surface area contributed by atoms with Crippen molar-refractivity contribution in [1.29, 1.82) is 0 Å². The summed E-state index contributed by atoms with van der Waals surface area (Å²) in [6.45, 7) is 4.53. The highest BCUT2D eigenvalue weighted by atomic mass is 32.2. The normalized spacial score (nSPS) is 13.8. The van der Waals surface area contributed by atoms with E-state index in [2.05, 4.69) is 5.10 Å². The van der Waals surface area contributed by atoms with Crippen LogP contribution in [0.2, 0.25) is 0 Å². The first kappa shape index (κ1) is 15.0. The van der Waals surface area contributed by atoms with E-state index in [1.54, 1.807) is 0 Å². The second-order valence-electron chi connectivity index (χ2n) is 5.14. The Morgan fingerprint density at radius 2 is 2.05 bits per heavy atom. The molecule has 0 spiro atoms. The minimum Gasteiger partial charge on any atom is -0.328 e. The van der Waals surface area contributed by atoms with Gasteiger partial charge in [-0.05, 0) is 26.3 Å². The van der Waals surface area contributed by atoms with E-state index in [0.717, 1.165) is 17.4 Å². The fourth-order valence-corrected chi connectivity index (χ4v) is 3.69. The van der Waals surface area contributed by atoms with Crippen molar-refractivity contribution in [3.05, 3.63) is 30.0 Å². The average molecular weight is 295 g/mol. The number of nitrogens with zero attached hydrogens (tertiary/aromatic N) is 2. The minimum absolute atomic E-state index is 0.0206. The predicted molar refractivity (Wildman–Crippen MR) is 81.2 cm³/mol. The fraction of sp³-hybridized carbons (Fsp3) is 0.500. The zero-order valence-electron chi connectivity index (χ0n) is 11.9. The van der Waals surface area contributed by atoms with E-state index in [-0.39, 0.29) is 17.5 Å². The monoisotopic (exact) mass is 295 g/mol. The van der Waals surface area contributed by atoms with E-state index in [1.165, 1.54) is 0 Å². The summed E-state index contributed by atoms with van der Waals surface area (Å²) in [7, 11) is -3.17. The first-order chi connectivity index (χ1) is 9.43. The molecule has 110 valence electrons. The van der Waals surface area contributed by atoms with Crippen LogP contribution >= 0.6 is 0 Å². The average Bonchev–Trinajstić information content (AvgIpc) is 2.75. The van der Waals surface area contributed by atoms with Crippen LogP contribution in [0.3, 0.4) is 0 Å². The van der Waals surface area contributed by atoms with Gasteiger partial charge in [-0.3, -0.25) is 4.68 Å². The highest BCUT2D eigenvalue weighted by Gasteiger charge is 2.18. The van der Waals surface area contributed by atoms with Crippen LogP contribution in [-0.4, -0.2) is 30.0 Å². The number of hydrogen-bond donors (Lipinski definition) is 1. The Hall–Kier alpha value is -1.40. The number of benzene rings is 1. The Balaban J connectivity index is 2.30. The Morgan fingerprint density at radius 1 is 1.35 bits per heavy atom. The molecule has 1 unspecified atom stereocenters. The molecule has 1 aromatic carbocycles. The Labute approximate surface area is 119 Å². The smallest absolute Gasteiger partial charge is 0.156 e. The lowest BCUT2D eigenvalue weighted by Gasteiger charge is -2.05. The van der Waals surface area contributed by atoms with Crippen molar-refractivity contribution >= 4 is 20.7 Å². The van der Waals surface area contributed by atoms with E-state index in [4.69, 9.17) is 5.73 Å². The molecule has 0 bridgehead atoms. The SMILES string of the molecule is CCn1nc(CS(=O)(=O)CCC(C)N)c2ccccc21. The van der Waals surface area contributed by atoms with Crippen molar-refractivity contribution in [3.8, 4) is 0 Å². The molecule has 2 rings (SSSR count). The van der Waals surface area contributed by atoms with Crippen LogP contribution in [0.15, 0.2) is 24.3 Å². The van der Waals surface area contributed by atoms with E-state index in [9.17, 15) is 8.42 Å². The summed E-state index contributed by atoms with van der Waals surface area (Å²) in [6, 6.07) is 7.62. The summed E-state index contributed by atoms with van der Waals surface area (Å²) in [5, 5.41) is 5.34. The van der Waals surface area contributed by atoms with Gasteiger partial charge in [0.25, 0.3) is 0 Å². The summed E-state index contributed by atoms with van der Waals surface area (Å²) in [5.74, 6) is 0.0885. The van der Waals surface area contributed by atoms with Crippen LogP contribution in [-0.2, 0) is 22.1 Å². The maximum Gasteiger partial charge on any atom is 0.156 e. The topological polar surface area (TPSA) is 78.0 Å². The number of fused-ring (bicyclic) bond motifs is 1. The first-order valence-corrected chi connectivity index (χ1v) is 8.65. The Morgan fingerprint density at radius 3 is 2.70 bits per heavy atom. The zero-order chi connectivity index (χ0) is 14.8. The molecule has 0 fully saturated rings. The highest BCUT2D eigenvalue weighted by Crippen LogP contribution is 2.20. The van der Waals surface area contributed by atoms with Gasteiger partial charge in [-0.15, -0.1) is 0 Å². The van der Waals surface area contributed by atoms with Crippen LogP contribution in [0.25, 0.3) is 10.9 Å². The third-order valence-corrected chi connectivity index (χ3v) is 4.85. The molecule has 1 aromatic heterocycles. The molecule has 0 radical (unpaired) electrons. The second-order valence-corrected chi connectivity index (χ2v) is 7.32. The van der Waals surface area contributed by atoms with E-state index in [1.807, 2.05) is 42.8 Å². The first-order valence-electron chi connectivity index (χ1n) is 6.83. The molecular weight excluding hydrogens is 274 g/mol. The maximum atomic E-state index is 12.1. The van der Waals surface area contributed by atoms with E-state index < -0.39 is 9.84 Å². The number of rotatable bonds is 6. The van der Waals surface area contributed by atoms with Crippen molar-refractivity contribution in [3.63, 3.8) is 0 Å². The number of aryl methyl sites for hydroxylation is 1.